The van der Waals surface area contributed by atoms with Crippen LogP contribution < -0.4 is 5.32 Å². The van der Waals surface area contributed by atoms with E-state index in [9.17, 15) is 0 Å². The van der Waals surface area contributed by atoms with Gasteiger partial charge in [-0.05, 0) is 28.1 Å². The van der Waals surface area contributed by atoms with Gasteiger partial charge in [-0.3, -0.25) is 0 Å². The second-order valence-electron chi connectivity index (χ2n) is 2.50. The topological polar surface area (TPSA) is 29.3 Å². The van der Waals surface area contributed by atoms with Crippen LogP contribution in [0, 0.1) is 0 Å². The van der Waals surface area contributed by atoms with Gasteiger partial charge in [0.15, 0.2) is 0 Å². The van der Waals surface area contributed by atoms with Gasteiger partial charge in [-0.15, -0.1) is 0 Å². The first-order valence-corrected chi connectivity index (χ1v) is 4.40. The molecule has 0 bridgehead atoms. The fraction of sp³-hybridized carbons (Fsp3) is 0.125. The van der Waals surface area contributed by atoms with Gasteiger partial charge in [-0.1, -0.05) is 0 Å². The van der Waals surface area contributed by atoms with Crippen molar-refractivity contribution in [2.45, 2.75) is 0 Å². The fourth-order valence-electron chi connectivity index (χ4n) is 1.11. The van der Waals surface area contributed by atoms with E-state index in [4.69, 9.17) is 0 Å². The lowest BCUT2D eigenvalue weighted by Crippen LogP contribution is -1.90. The zero-order valence-electron chi connectivity index (χ0n) is 6.58. The second-order valence-corrected chi connectivity index (χ2v) is 3.25. The van der Waals surface area contributed by atoms with Crippen molar-refractivity contribution in [1.82, 2.24) is 9.38 Å². The van der Waals surface area contributed by atoms with E-state index in [0.717, 1.165) is 15.8 Å². The van der Waals surface area contributed by atoms with Crippen LogP contribution >= 0.6 is 15.9 Å². The van der Waals surface area contributed by atoms with E-state index in [1.165, 1.54) is 0 Å². The maximum Gasteiger partial charge on any atom is 0.131 e. The number of pyridine rings is 1. The van der Waals surface area contributed by atoms with Gasteiger partial charge in [0.25, 0.3) is 0 Å². The highest BCUT2D eigenvalue weighted by Crippen LogP contribution is 2.17. The molecule has 0 saturated heterocycles. The second kappa shape index (κ2) is 2.79. The maximum absolute atomic E-state index is 4.12. The van der Waals surface area contributed by atoms with Crippen molar-refractivity contribution in [2.24, 2.45) is 0 Å². The molecule has 0 aromatic carbocycles. The summed E-state index contributed by atoms with van der Waals surface area (Å²) in [6.07, 6.45) is 3.77. The number of aromatic nitrogens is 2. The first-order chi connectivity index (χ1) is 5.81. The van der Waals surface area contributed by atoms with Gasteiger partial charge in [-0.25, -0.2) is 4.98 Å². The lowest BCUT2D eigenvalue weighted by molar-refractivity contribution is 1.15. The number of nitrogens with zero attached hydrogens (tertiary/aromatic N) is 2. The Balaban J connectivity index is 2.69. The van der Waals surface area contributed by atoms with Gasteiger partial charge in [-0.2, -0.15) is 0 Å². The highest BCUT2D eigenvalue weighted by Gasteiger charge is 1.99. The molecule has 62 valence electrons. The van der Waals surface area contributed by atoms with Gasteiger partial charge < -0.3 is 9.72 Å². The molecule has 0 aliphatic rings. The van der Waals surface area contributed by atoms with Crippen LogP contribution in [0.15, 0.2) is 29.3 Å². The van der Waals surface area contributed by atoms with Crippen molar-refractivity contribution >= 4 is 27.1 Å². The van der Waals surface area contributed by atoms with Crippen molar-refractivity contribution in [3.8, 4) is 0 Å². The molecule has 0 radical (unpaired) electrons. The molecule has 0 aliphatic heterocycles. The summed E-state index contributed by atoms with van der Waals surface area (Å²) >= 11 is 3.36. The Labute approximate surface area is 78.6 Å². The van der Waals surface area contributed by atoms with Crippen LogP contribution in [0.5, 0.6) is 0 Å². The summed E-state index contributed by atoms with van der Waals surface area (Å²) in [6, 6.07) is 4.03. The molecule has 0 unspecified atom stereocenters. The molecule has 0 aliphatic carbocycles. The molecular formula is C8H8BrN3. The number of hydrogen-bond acceptors (Lipinski definition) is 2. The molecular weight excluding hydrogens is 218 g/mol. The van der Waals surface area contributed by atoms with Crippen LogP contribution in [-0.4, -0.2) is 16.4 Å². The predicted molar refractivity (Wildman–Crippen MR) is 52.4 cm³/mol. The molecule has 2 aromatic rings. The SMILES string of the molecule is CNc1ccc2c(Br)ncn2c1. The van der Waals surface area contributed by atoms with Gasteiger partial charge in [0.1, 0.15) is 10.9 Å². The highest BCUT2D eigenvalue weighted by molar-refractivity contribution is 9.10. The Morgan fingerprint density at radius 2 is 2.33 bits per heavy atom. The normalized spacial score (nSPS) is 10.5. The summed E-state index contributed by atoms with van der Waals surface area (Å²) in [7, 11) is 1.90. The first-order valence-electron chi connectivity index (χ1n) is 3.61. The zero-order chi connectivity index (χ0) is 8.55. The number of nitrogens with one attached hydrogen (secondary N) is 1. The van der Waals surface area contributed by atoms with Gasteiger partial charge in [0, 0.05) is 13.2 Å². The van der Waals surface area contributed by atoms with E-state index in [2.05, 4.69) is 26.2 Å². The fourth-order valence-corrected chi connectivity index (χ4v) is 1.54. The summed E-state index contributed by atoms with van der Waals surface area (Å²) in [6.45, 7) is 0. The lowest BCUT2D eigenvalue weighted by Gasteiger charge is -1.99. The summed E-state index contributed by atoms with van der Waals surface area (Å²) in [4.78, 5) is 4.12. The molecule has 2 aromatic heterocycles. The highest BCUT2D eigenvalue weighted by atomic mass is 79.9. The minimum Gasteiger partial charge on any atom is -0.387 e. The van der Waals surface area contributed by atoms with Gasteiger partial charge >= 0.3 is 0 Å². The Morgan fingerprint density at radius 1 is 1.50 bits per heavy atom. The number of rotatable bonds is 1. The minimum absolute atomic E-state index is 0.880. The third-order valence-electron chi connectivity index (χ3n) is 1.77. The third-order valence-corrected chi connectivity index (χ3v) is 2.38. The Morgan fingerprint density at radius 3 is 3.08 bits per heavy atom. The van der Waals surface area contributed by atoms with E-state index >= 15 is 0 Å². The molecule has 2 rings (SSSR count). The quantitative estimate of drug-likeness (QED) is 0.807. The molecule has 1 N–H and O–H groups in total. The van der Waals surface area contributed by atoms with Crippen molar-refractivity contribution in [1.29, 1.82) is 0 Å². The summed E-state index contributed by atoms with van der Waals surface area (Å²) in [5, 5.41) is 3.06. The molecule has 0 fully saturated rings. The molecule has 0 amide bonds. The van der Waals surface area contributed by atoms with E-state index < -0.39 is 0 Å². The first kappa shape index (κ1) is 7.61. The van der Waals surface area contributed by atoms with Crippen molar-refractivity contribution in [2.75, 3.05) is 12.4 Å². The van der Waals surface area contributed by atoms with E-state index in [0.29, 0.717) is 0 Å². The average molecular weight is 226 g/mol. The van der Waals surface area contributed by atoms with Crippen LogP contribution in [-0.2, 0) is 0 Å². The number of halogens is 1. The molecule has 3 nitrogen and oxygen atoms in total. The Kier molecular flexibility index (Phi) is 1.77. The summed E-state index contributed by atoms with van der Waals surface area (Å²) < 4.78 is 2.85. The van der Waals surface area contributed by atoms with E-state index in [1.807, 2.05) is 29.8 Å². The van der Waals surface area contributed by atoms with Crippen LogP contribution in [0.2, 0.25) is 0 Å². The predicted octanol–water partition coefficient (Wildman–Crippen LogP) is 2.14. The lowest BCUT2D eigenvalue weighted by atomic mass is 10.4. The van der Waals surface area contributed by atoms with Gasteiger partial charge in [0.05, 0.1) is 11.2 Å². The molecule has 2 heterocycles. The maximum atomic E-state index is 4.12. The van der Waals surface area contributed by atoms with Crippen LogP contribution in [0.3, 0.4) is 0 Å². The van der Waals surface area contributed by atoms with Gasteiger partial charge in [0.2, 0.25) is 0 Å². The summed E-state index contributed by atoms with van der Waals surface area (Å²) in [5.41, 5.74) is 2.15. The average Bonchev–Trinajstić information content (AvgIpc) is 2.47. The Bertz CT molecular complexity index is 408. The standard InChI is InChI=1S/C8H8BrN3/c1-10-6-2-3-7-8(9)11-5-12(7)4-6/h2-5,10H,1H3. The molecule has 0 atom stereocenters. The number of imidazole rings is 1. The monoisotopic (exact) mass is 225 g/mol. The molecule has 12 heavy (non-hydrogen) atoms. The minimum atomic E-state index is 0.880. The van der Waals surface area contributed by atoms with Crippen LogP contribution in [0.4, 0.5) is 5.69 Å². The molecule has 0 spiro atoms. The smallest absolute Gasteiger partial charge is 0.131 e. The van der Waals surface area contributed by atoms with Crippen molar-refractivity contribution in [3.63, 3.8) is 0 Å². The third kappa shape index (κ3) is 1.08. The van der Waals surface area contributed by atoms with Crippen molar-refractivity contribution in [3.05, 3.63) is 29.3 Å². The number of hydrogen-bond donors (Lipinski definition) is 1. The number of anilines is 1. The summed E-state index contributed by atoms with van der Waals surface area (Å²) in [5.74, 6) is 0. The van der Waals surface area contributed by atoms with E-state index in [1.54, 1.807) is 6.33 Å². The van der Waals surface area contributed by atoms with Crippen LogP contribution in [0.25, 0.3) is 5.52 Å². The molecule has 4 heteroatoms. The largest absolute Gasteiger partial charge is 0.387 e. The van der Waals surface area contributed by atoms with Crippen LogP contribution in [0.1, 0.15) is 0 Å². The number of fused-ring (bicyclic) bond motifs is 1. The van der Waals surface area contributed by atoms with Crippen molar-refractivity contribution < 1.29 is 0 Å². The molecule has 0 saturated carbocycles. The zero-order valence-corrected chi connectivity index (χ0v) is 8.17. The Hall–Kier alpha value is -1.03. The van der Waals surface area contributed by atoms with E-state index in [-0.39, 0.29) is 0 Å².